The van der Waals surface area contributed by atoms with Crippen molar-refractivity contribution < 1.29 is 0 Å². The van der Waals surface area contributed by atoms with Gasteiger partial charge in [-0.25, -0.2) is 4.98 Å². The lowest BCUT2D eigenvalue weighted by molar-refractivity contribution is 0.575. The van der Waals surface area contributed by atoms with Gasteiger partial charge in [0.15, 0.2) is 0 Å². The smallest absolute Gasteiger partial charge is 0.128 e. The minimum absolute atomic E-state index is 0.507. The second-order valence-electron chi connectivity index (χ2n) is 5.01. The minimum atomic E-state index is 0.507. The highest BCUT2D eigenvalue weighted by Gasteiger charge is 2.00. The highest BCUT2D eigenvalue weighted by atomic mass is 14.9. The zero-order chi connectivity index (χ0) is 13.2. The Hall–Kier alpha value is -1.25. The number of aromatic nitrogens is 1. The fraction of sp³-hybridized carbons (Fsp3) is 0.667. The van der Waals surface area contributed by atoms with Gasteiger partial charge in [-0.3, -0.25) is 0 Å². The van der Waals surface area contributed by atoms with Crippen LogP contribution in [0.4, 0.5) is 11.6 Å². The van der Waals surface area contributed by atoms with Gasteiger partial charge in [0.2, 0.25) is 0 Å². The lowest BCUT2D eigenvalue weighted by atomic mass is 10.0. The fourth-order valence-corrected chi connectivity index (χ4v) is 2.18. The Morgan fingerprint density at radius 3 is 2.11 bits per heavy atom. The summed E-state index contributed by atoms with van der Waals surface area (Å²) >= 11 is 0. The van der Waals surface area contributed by atoms with Crippen LogP contribution >= 0.6 is 0 Å². The molecule has 0 aromatic carbocycles. The molecule has 0 saturated carbocycles. The molecule has 1 heterocycles. The summed E-state index contributed by atoms with van der Waals surface area (Å²) in [6.07, 6.45) is 11.7. The maximum atomic E-state index is 5.83. The van der Waals surface area contributed by atoms with Crippen LogP contribution in [0.5, 0.6) is 0 Å². The van der Waals surface area contributed by atoms with Gasteiger partial charge >= 0.3 is 0 Å². The third-order valence-corrected chi connectivity index (χ3v) is 3.33. The number of anilines is 2. The molecule has 102 valence electrons. The largest absolute Gasteiger partial charge is 0.384 e. The van der Waals surface area contributed by atoms with Crippen molar-refractivity contribution in [2.45, 2.75) is 64.7 Å². The molecule has 0 fully saturated rings. The first-order chi connectivity index (χ1) is 8.74. The Morgan fingerprint density at radius 2 is 1.50 bits per heavy atom. The van der Waals surface area contributed by atoms with Crippen LogP contribution in [0, 0.1) is 0 Å². The fourth-order valence-electron chi connectivity index (χ4n) is 2.18. The van der Waals surface area contributed by atoms with Crippen LogP contribution in [0.3, 0.4) is 0 Å². The first-order valence-corrected chi connectivity index (χ1v) is 7.25. The minimum Gasteiger partial charge on any atom is -0.384 e. The number of nitrogens with zero attached hydrogens (tertiary/aromatic N) is 1. The number of unbranched alkanes of at least 4 members (excludes halogenated alkanes) is 7. The summed E-state index contributed by atoms with van der Waals surface area (Å²) in [5, 5.41) is 0. The van der Waals surface area contributed by atoms with Crippen molar-refractivity contribution in [1.82, 2.24) is 4.98 Å². The quantitative estimate of drug-likeness (QED) is 0.652. The summed E-state index contributed by atoms with van der Waals surface area (Å²) in [5.74, 6) is 1.10. The molecule has 3 nitrogen and oxygen atoms in total. The van der Waals surface area contributed by atoms with E-state index >= 15 is 0 Å². The molecule has 0 aliphatic carbocycles. The van der Waals surface area contributed by atoms with E-state index in [9.17, 15) is 0 Å². The van der Waals surface area contributed by atoms with Crippen LogP contribution in [0.1, 0.15) is 63.9 Å². The van der Waals surface area contributed by atoms with E-state index in [1.165, 1.54) is 51.4 Å². The van der Waals surface area contributed by atoms with Gasteiger partial charge in [0.25, 0.3) is 0 Å². The molecule has 3 heteroatoms. The van der Waals surface area contributed by atoms with Gasteiger partial charge in [0.05, 0.1) is 0 Å². The van der Waals surface area contributed by atoms with Crippen molar-refractivity contribution >= 4 is 11.6 Å². The predicted molar refractivity (Wildman–Crippen MR) is 79.4 cm³/mol. The lowest BCUT2D eigenvalue weighted by Gasteiger charge is -2.05. The highest BCUT2D eigenvalue weighted by Crippen LogP contribution is 2.15. The summed E-state index contributed by atoms with van der Waals surface area (Å²) < 4.78 is 0. The molecule has 4 N–H and O–H groups in total. The molecule has 0 aliphatic heterocycles. The molecule has 1 rings (SSSR count). The van der Waals surface area contributed by atoms with Crippen LogP contribution in [-0.2, 0) is 6.42 Å². The number of nitrogen functional groups attached to an aromatic ring is 2. The Bertz CT molecular complexity index is 337. The molecule has 0 bridgehead atoms. The third kappa shape index (κ3) is 5.89. The van der Waals surface area contributed by atoms with Gasteiger partial charge in [-0.2, -0.15) is 0 Å². The molecule has 0 aliphatic rings. The number of hydrogen-bond donors (Lipinski definition) is 2. The zero-order valence-corrected chi connectivity index (χ0v) is 11.6. The van der Waals surface area contributed by atoms with E-state index in [0.29, 0.717) is 11.6 Å². The maximum absolute atomic E-state index is 5.83. The molecule has 0 atom stereocenters. The van der Waals surface area contributed by atoms with Gasteiger partial charge in [-0.1, -0.05) is 57.9 Å². The van der Waals surface area contributed by atoms with Crippen LogP contribution in [0.2, 0.25) is 0 Å². The van der Waals surface area contributed by atoms with Crippen molar-refractivity contribution in [2.75, 3.05) is 11.5 Å². The number of nitrogens with two attached hydrogens (primary N) is 2. The standard InChI is InChI=1S/C15H27N3/c1-2-3-4-5-6-7-8-9-10-13-11-12-14(16)18-15(13)17/h11-12H,2-10H2,1H3,(H4,16,17,18). The molecule has 0 spiro atoms. The first-order valence-electron chi connectivity index (χ1n) is 7.25. The molecule has 0 unspecified atom stereocenters. The van der Waals surface area contributed by atoms with Gasteiger partial charge in [-0.05, 0) is 24.5 Å². The van der Waals surface area contributed by atoms with Gasteiger partial charge in [0.1, 0.15) is 11.6 Å². The Morgan fingerprint density at radius 1 is 0.889 bits per heavy atom. The monoisotopic (exact) mass is 249 g/mol. The number of aryl methyl sites for hydroxylation is 1. The van der Waals surface area contributed by atoms with Crippen molar-refractivity contribution in [2.24, 2.45) is 0 Å². The molecular formula is C15H27N3. The van der Waals surface area contributed by atoms with Crippen LogP contribution in [-0.4, -0.2) is 4.98 Å². The molecule has 1 aromatic rings. The van der Waals surface area contributed by atoms with Crippen LogP contribution < -0.4 is 11.5 Å². The molecule has 0 saturated heterocycles. The van der Waals surface area contributed by atoms with E-state index in [1.54, 1.807) is 0 Å². The second-order valence-corrected chi connectivity index (χ2v) is 5.01. The highest BCUT2D eigenvalue weighted by molar-refractivity contribution is 5.46. The zero-order valence-electron chi connectivity index (χ0n) is 11.6. The molecular weight excluding hydrogens is 222 g/mol. The second kappa shape index (κ2) is 8.78. The SMILES string of the molecule is CCCCCCCCCCc1ccc(N)nc1N. The third-order valence-electron chi connectivity index (χ3n) is 3.33. The summed E-state index contributed by atoms with van der Waals surface area (Å²) in [6, 6.07) is 3.83. The Labute approximate surface area is 111 Å². The normalized spacial score (nSPS) is 10.7. The van der Waals surface area contributed by atoms with Crippen molar-refractivity contribution in [3.63, 3.8) is 0 Å². The predicted octanol–water partition coefficient (Wildman–Crippen LogP) is 3.93. The van der Waals surface area contributed by atoms with Gasteiger partial charge < -0.3 is 11.5 Å². The lowest BCUT2D eigenvalue weighted by Crippen LogP contribution is -2.00. The van der Waals surface area contributed by atoms with E-state index in [2.05, 4.69) is 11.9 Å². The van der Waals surface area contributed by atoms with E-state index < -0.39 is 0 Å². The average Bonchev–Trinajstić information content (AvgIpc) is 2.35. The van der Waals surface area contributed by atoms with E-state index in [4.69, 9.17) is 11.5 Å². The number of rotatable bonds is 9. The molecule has 1 aromatic heterocycles. The van der Waals surface area contributed by atoms with E-state index in [0.717, 1.165) is 12.0 Å². The molecule has 0 amide bonds. The summed E-state index contributed by atoms with van der Waals surface area (Å²) in [7, 11) is 0. The molecule has 0 radical (unpaired) electrons. The van der Waals surface area contributed by atoms with Crippen molar-refractivity contribution in [1.29, 1.82) is 0 Å². The van der Waals surface area contributed by atoms with Gasteiger partial charge in [0, 0.05) is 0 Å². The summed E-state index contributed by atoms with van der Waals surface area (Å²) in [4.78, 5) is 4.08. The topological polar surface area (TPSA) is 64.9 Å². The number of pyridine rings is 1. The summed E-state index contributed by atoms with van der Waals surface area (Å²) in [6.45, 7) is 2.26. The molecule has 18 heavy (non-hydrogen) atoms. The Kier molecular flexibility index (Phi) is 7.23. The van der Waals surface area contributed by atoms with Gasteiger partial charge in [-0.15, -0.1) is 0 Å². The van der Waals surface area contributed by atoms with Crippen molar-refractivity contribution in [3.8, 4) is 0 Å². The Balaban J connectivity index is 2.07. The maximum Gasteiger partial charge on any atom is 0.128 e. The number of hydrogen-bond acceptors (Lipinski definition) is 3. The van der Waals surface area contributed by atoms with E-state index in [-0.39, 0.29) is 0 Å². The van der Waals surface area contributed by atoms with Crippen LogP contribution in [0.25, 0.3) is 0 Å². The average molecular weight is 249 g/mol. The van der Waals surface area contributed by atoms with E-state index in [1.807, 2.05) is 12.1 Å². The van der Waals surface area contributed by atoms with Crippen LogP contribution in [0.15, 0.2) is 12.1 Å². The van der Waals surface area contributed by atoms with Crippen molar-refractivity contribution in [3.05, 3.63) is 17.7 Å². The first kappa shape index (κ1) is 14.8. The summed E-state index contributed by atoms with van der Waals surface area (Å²) in [5.41, 5.74) is 12.5.